The summed E-state index contributed by atoms with van der Waals surface area (Å²) in [6.07, 6.45) is -2.88. The Morgan fingerprint density at radius 3 is 2.48 bits per heavy atom. The summed E-state index contributed by atoms with van der Waals surface area (Å²) < 4.78 is 49.1. The fourth-order valence-corrected chi connectivity index (χ4v) is 3.24. The minimum absolute atomic E-state index is 0.0818. The number of carbonyl (C=O) groups is 2. The molecule has 168 valence electrons. The quantitative estimate of drug-likeness (QED) is 0.751. The van der Waals surface area contributed by atoms with Gasteiger partial charge in [0, 0.05) is 18.7 Å². The molecular weight excluding hydrogens is 419 g/mol. The van der Waals surface area contributed by atoms with E-state index in [0.717, 1.165) is 12.4 Å². The Kier molecular flexibility index (Phi) is 5.59. The molecule has 1 fully saturated rings. The Balaban J connectivity index is 2.16. The van der Waals surface area contributed by atoms with Crippen molar-refractivity contribution in [1.29, 1.82) is 0 Å². The predicted molar refractivity (Wildman–Crippen MR) is 103 cm³/mol. The number of anilines is 1. The summed E-state index contributed by atoms with van der Waals surface area (Å²) >= 11 is 0. The number of pyridine rings is 1. The van der Waals surface area contributed by atoms with Gasteiger partial charge in [-0.25, -0.2) is 9.48 Å². The third-order valence-electron chi connectivity index (χ3n) is 4.67. The second-order valence-corrected chi connectivity index (χ2v) is 8.07. The molecule has 0 aliphatic carbocycles. The van der Waals surface area contributed by atoms with Gasteiger partial charge in [-0.1, -0.05) is 0 Å². The number of carboxylic acids is 1. The Hall–Kier alpha value is -3.31. The number of alkyl halides is 3. The molecule has 0 aromatic carbocycles. The first-order chi connectivity index (χ1) is 14.3. The van der Waals surface area contributed by atoms with Crippen LogP contribution in [0.1, 0.15) is 42.4 Å². The number of nitrogens with zero attached hydrogens (tertiary/aromatic N) is 4. The van der Waals surface area contributed by atoms with Gasteiger partial charge in [-0.2, -0.15) is 18.3 Å². The van der Waals surface area contributed by atoms with E-state index in [1.807, 2.05) is 0 Å². The maximum absolute atomic E-state index is 14.1. The number of ether oxygens (including phenoxy) is 1. The fraction of sp³-hybridized carbons (Fsp3) is 0.474. The van der Waals surface area contributed by atoms with Gasteiger partial charge in [0.15, 0.2) is 11.4 Å². The van der Waals surface area contributed by atoms with E-state index < -0.39 is 34.9 Å². The standard InChI is InChI=1S/C19H22F3N5O4/c1-10-15(17(29)30)25-27(18(2,3)4)16(10)31-12-8-23-7-11(14(12)19(20,21)22)26-6-5-24-13(28)9-26/h7-8H,5-6,9H2,1-4H3,(H,24,28)(H,29,30). The van der Waals surface area contributed by atoms with Gasteiger partial charge in [0.05, 0.1) is 30.2 Å². The molecule has 0 saturated carbocycles. The molecule has 3 heterocycles. The number of aromatic nitrogens is 3. The molecule has 12 heteroatoms. The molecule has 0 unspecified atom stereocenters. The van der Waals surface area contributed by atoms with Crippen molar-refractivity contribution in [3.05, 3.63) is 29.2 Å². The zero-order valence-corrected chi connectivity index (χ0v) is 17.4. The number of aromatic carboxylic acids is 1. The molecule has 31 heavy (non-hydrogen) atoms. The highest BCUT2D eigenvalue weighted by molar-refractivity contribution is 5.87. The van der Waals surface area contributed by atoms with Crippen molar-refractivity contribution in [2.24, 2.45) is 0 Å². The van der Waals surface area contributed by atoms with Crippen molar-refractivity contribution in [1.82, 2.24) is 20.1 Å². The molecule has 2 aromatic rings. The average molecular weight is 441 g/mol. The highest BCUT2D eigenvalue weighted by atomic mass is 19.4. The molecule has 9 nitrogen and oxygen atoms in total. The van der Waals surface area contributed by atoms with Crippen LogP contribution in [0.15, 0.2) is 12.4 Å². The van der Waals surface area contributed by atoms with Crippen LogP contribution >= 0.6 is 0 Å². The summed E-state index contributed by atoms with van der Waals surface area (Å²) in [6.45, 7) is 6.65. The van der Waals surface area contributed by atoms with Crippen LogP contribution in [-0.4, -0.2) is 51.4 Å². The Bertz CT molecular complexity index is 1030. The highest BCUT2D eigenvalue weighted by Gasteiger charge is 2.41. The smallest absolute Gasteiger partial charge is 0.422 e. The Morgan fingerprint density at radius 1 is 1.26 bits per heavy atom. The van der Waals surface area contributed by atoms with Gasteiger partial charge < -0.3 is 20.1 Å². The van der Waals surface area contributed by atoms with Crippen LogP contribution in [0.5, 0.6) is 11.6 Å². The predicted octanol–water partition coefficient (Wildman–Crippen LogP) is 2.79. The summed E-state index contributed by atoms with van der Waals surface area (Å²) in [5.74, 6) is -2.47. The van der Waals surface area contributed by atoms with Crippen LogP contribution in [0.4, 0.5) is 18.9 Å². The lowest BCUT2D eigenvalue weighted by Crippen LogP contribution is -2.48. The van der Waals surface area contributed by atoms with Gasteiger partial charge in [-0.05, 0) is 27.7 Å². The zero-order valence-electron chi connectivity index (χ0n) is 17.4. The van der Waals surface area contributed by atoms with E-state index in [2.05, 4.69) is 15.4 Å². The summed E-state index contributed by atoms with van der Waals surface area (Å²) in [4.78, 5) is 28.4. The highest BCUT2D eigenvalue weighted by Crippen LogP contribution is 2.44. The van der Waals surface area contributed by atoms with E-state index in [1.165, 1.54) is 16.5 Å². The second kappa shape index (κ2) is 7.75. The molecule has 1 aliphatic heterocycles. The Morgan fingerprint density at radius 2 is 1.94 bits per heavy atom. The molecule has 1 aliphatic rings. The number of carboxylic acid groups (broad SMARTS) is 1. The first-order valence-electron chi connectivity index (χ1n) is 9.38. The number of nitrogens with one attached hydrogen (secondary N) is 1. The van der Waals surface area contributed by atoms with Gasteiger partial charge in [0.25, 0.3) is 0 Å². The van der Waals surface area contributed by atoms with Crippen molar-refractivity contribution >= 4 is 17.6 Å². The summed E-state index contributed by atoms with van der Waals surface area (Å²) in [7, 11) is 0. The van der Waals surface area contributed by atoms with E-state index in [9.17, 15) is 27.9 Å². The van der Waals surface area contributed by atoms with E-state index in [-0.39, 0.29) is 42.5 Å². The van der Waals surface area contributed by atoms with Gasteiger partial charge in [0.2, 0.25) is 11.8 Å². The number of carbonyl (C=O) groups excluding carboxylic acids is 1. The maximum atomic E-state index is 14.1. The van der Waals surface area contributed by atoms with Gasteiger partial charge in [-0.15, -0.1) is 0 Å². The minimum Gasteiger partial charge on any atom is -0.476 e. The largest absolute Gasteiger partial charge is 0.476 e. The zero-order chi connectivity index (χ0) is 23.1. The number of rotatable bonds is 4. The van der Waals surface area contributed by atoms with Crippen LogP contribution in [0.25, 0.3) is 0 Å². The summed E-state index contributed by atoms with van der Waals surface area (Å²) in [6, 6.07) is 0. The number of halogens is 3. The molecule has 2 aromatic heterocycles. The normalized spacial score (nSPS) is 15.1. The molecule has 2 N–H and O–H groups in total. The van der Waals surface area contributed by atoms with Crippen molar-refractivity contribution in [3.63, 3.8) is 0 Å². The third-order valence-corrected chi connectivity index (χ3v) is 4.67. The maximum Gasteiger partial charge on any atom is 0.422 e. The first kappa shape index (κ1) is 22.4. The molecule has 3 rings (SSSR count). The lowest BCUT2D eigenvalue weighted by atomic mass is 10.1. The van der Waals surface area contributed by atoms with Crippen molar-refractivity contribution in [3.8, 4) is 11.6 Å². The summed E-state index contributed by atoms with van der Waals surface area (Å²) in [5.41, 5.74) is -2.41. The second-order valence-electron chi connectivity index (χ2n) is 8.07. The van der Waals surface area contributed by atoms with Crippen LogP contribution in [0.2, 0.25) is 0 Å². The van der Waals surface area contributed by atoms with Crippen molar-refractivity contribution < 1.29 is 32.6 Å². The van der Waals surface area contributed by atoms with E-state index in [4.69, 9.17) is 4.74 Å². The number of hydrogen-bond donors (Lipinski definition) is 2. The molecule has 0 spiro atoms. The minimum atomic E-state index is -4.82. The third kappa shape index (κ3) is 4.42. The lowest BCUT2D eigenvalue weighted by Gasteiger charge is -2.31. The number of piperazine rings is 1. The van der Waals surface area contributed by atoms with E-state index in [1.54, 1.807) is 20.8 Å². The number of hydrogen-bond acceptors (Lipinski definition) is 6. The fourth-order valence-electron chi connectivity index (χ4n) is 3.24. The number of amides is 1. The van der Waals surface area contributed by atoms with Crippen LogP contribution in [0.3, 0.4) is 0 Å². The summed E-state index contributed by atoms with van der Waals surface area (Å²) in [5, 5.41) is 16.0. The molecule has 0 atom stereocenters. The molecule has 0 bridgehead atoms. The van der Waals surface area contributed by atoms with Crippen molar-refractivity contribution in [2.45, 2.75) is 39.4 Å². The molecule has 1 saturated heterocycles. The topological polar surface area (TPSA) is 110 Å². The molecule has 1 amide bonds. The Labute approximate surface area is 175 Å². The monoisotopic (exact) mass is 441 g/mol. The van der Waals surface area contributed by atoms with Crippen LogP contribution in [-0.2, 0) is 16.5 Å². The average Bonchev–Trinajstić information content (AvgIpc) is 2.97. The molecular formula is C19H22F3N5O4. The van der Waals surface area contributed by atoms with Gasteiger partial charge >= 0.3 is 12.1 Å². The van der Waals surface area contributed by atoms with Crippen LogP contribution in [0, 0.1) is 6.92 Å². The van der Waals surface area contributed by atoms with Gasteiger partial charge in [0.1, 0.15) is 5.56 Å². The van der Waals surface area contributed by atoms with Crippen LogP contribution < -0.4 is 15.0 Å². The SMILES string of the molecule is Cc1c(C(=O)O)nn(C(C)(C)C)c1Oc1cncc(N2CCNC(=O)C2)c1C(F)(F)F. The first-order valence-corrected chi connectivity index (χ1v) is 9.38. The van der Waals surface area contributed by atoms with Gasteiger partial charge in [-0.3, -0.25) is 9.78 Å². The van der Waals surface area contributed by atoms with E-state index >= 15 is 0 Å². The lowest BCUT2D eigenvalue weighted by molar-refractivity contribution is -0.138. The van der Waals surface area contributed by atoms with E-state index in [0.29, 0.717) is 0 Å². The molecule has 0 radical (unpaired) electrons. The van der Waals surface area contributed by atoms with Crippen molar-refractivity contribution in [2.75, 3.05) is 24.5 Å².